The summed E-state index contributed by atoms with van der Waals surface area (Å²) < 4.78 is 70.6. The Hall–Kier alpha value is -1.64. The van der Waals surface area contributed by atoms with Crippen LogP contribution < -0.4 is 24.8 Å². The number of alkyl halides is 6. The normalized spacial score (nSPS) is 9.12. The van der Waals surface area contributed by atoms with Crippen molar-refractivity contribution in [1.29, 1.82) is 0 Å². The van der Waals surface area contributed by atoms with E-state index in [0.29, 0.717) is 0 Å². The second-order valence-electron chi connectivity index (χ2n) is 5.50. The monoisotopic (exact) mass is 594 g/mol. The van der Waals surface area contributed by atoms with Crippen LogP contribution in [0.4, 0.5) is 26.3 Å². The van der Waals surface area contributed by atoms with E-state index < -0.39 is 23.5 Å². The first-order valence-electron chi connectivity index (χ1n) is 8.61. The molecule has 0 aliphatic rings. The van der Waals surface area contributed by atoms with Crippen molar-refractivity contribution in [3.05, 3.63) is 132 Å². The van der Waals surface area contributed by atoms with Gasteiger partial charge in [-0.15, -0.1) is 0 Å². The van der Waals surface area contributed by atoms with Crippen molar-refractivity contribution in [1.82, 2.24) is 0 Å². The molecule has 34 heavy (non-hydrogen) atoms. The zero-order valence-electron chi connectivity index (χ0n) is 17.2. The van der Waals surface area contributed by atoms with E-state index in [1.807, 2.05) is 60.7 Å². The van der Waals surface area contributed by atoms with Crippen LogP contribution in [0.2, 0.25) is 0 Å². The van der Waals surface area contributed by atoms with Gasteiger partial charge in [0.1, 0.15) is 0 Å². The number of benzene rings is 2. The van der Waals surface area contributed by atoms with Crippen LogP contribution in [0, 0.1) is 12.1 Å². The maximum Gasteiger partial charge on any atom is 3.00 e. The third-order valence-corrected chi connectivity index (χ3v) is 3.20. The van der Waals surface area contributed by atoms with Gasteiger partial charge in [-0.05, 0) is 0 Å². The van der Waals surface area contributed by atoms with Crippen molar-refractivity contribution < 1.29 is 85.9 Å². The van der Waals surface area contributed by atoms with Gasteiger partial charge in [0.25, 0.3) is 0 Å². The SMILES string of the molecule is FC(F)(F)c1cc[c-]cc1.FC(F)(F)c1cc[c-]cc1.[Cl-].[Cl-].[Cr+3].[Cr+3].c1cc[cH-]c1.c1cc[cH-]c1. The Morgan fingerprint density at radius 2 is 0.735 bits per heavy atom. The fraction of sp³-hybridized carbons (Fsp3) is 0.0833. The van der Waals surface area contributed by atoms with Gasteiger partial charge < -0.3 is 24.8 Å². The molecule has 0 unspecified atom stereocenters. The van der Waals surface area contributed by atoms with Crippen molar-refractivity contribution in [3.8, 4) is 0 Å². The predicted octanol–water partition coefficient (Wildman–Crippen LogP) is 1.83. The molecule has 0 nitrogen and oxygen atoms in total. The Morgan fingerprint density at radius 1 is 0.500 bits per heavy atom. The molecule has 2 radical (unpaired) electrons. The average Bonchev–Trinajstić information content (AvgIpc) is 3.47. The summed E-state index contributed by atoms with van der Waals surface area (Å²) in [6, 6.07) is 33.9. The molecule has 4 rings (SSSR count). The Bertz CT molecular complexity index is 755. The van der Waals surface area contributed by atoms with Gasteiger partial charge in [-0.2, -0.15) is 123 Å². The molecule has 0 bridgehead atoms. The Balaban J connectivity index is -0.000000177. The molecule has 0 aromatic heterocycles. The molecule has 182 valence electrons. The van der Waals surface area contributed by atoms with Gasteiger partial charge >= 0.3 is 47.1 Å². The summed E-state index contributed by atoms with van der Waals surface area (Å²) in [4.78, 5) is 0. The molecule has 0 amide bonds. The minimum Gasteiger partial charge on any atom is -1.00 e. The Kier molecular flexibility index (Phi) is 25.5. The zero-order chi connectivity index (χ0) is 22.3. The quantitative estimate of drug-likeness (QED) is 0.215. The molecule has 0 saturated heterocycles. The van der Waals surface area contributed by atoms with E-state index in [1.165, 1.54) is 24.3 Å². The summed E-state index contributed by atoms with van der Waals surface area (Å²) in [7, 11) is 0. The van der Waals surface area contributed by atoms with Gasteiger partial charge in [0.05, 0.1) is 0 Å². The smallest absolute Gasteiger partial charge is 1.00 e. The van der Waals surface area contributed by atoms with Crippen LogP contribution in [0.5, 0.6) is 0 Å². The van der Waals surface area contributed by atoms with Gasteiger partial charge in [0, 0.05) is 0 Å². The van der Waals surface area contributed by atoms with E-state index in [2.05, 4.69) is 12.1 Å². The fourth-order valence-electron chi connectivity index (χ4n) is 1.79. The Morgan fingerprint density at radius 3 is 0.853 bits per heavy atom. The van der Waals surface area contributed by atoms with Crippen LogP contribution in [-0.4, -0.2) is 0 Å². The van der Waals surface area contributed by atoms with E-state index in [-0.39, 0.29) is 59.5 Å². The largest absolute Gasteiger partial charge is 3.00 e. The standard InChI is InChI=1S/2C7H4F3.2C5H5.2ClH.2Cr/c2*8-7(9,10)6-4-2-1-3-5-6;2*1-2-4-5-3-1;;;;/h2*2-5H;2*1-5H;2*1H;;/q4*-1;;;2*+3/p-2. The molecular weight excluding hydrogens is 577 g/mol. The van der Waals surface area contributed by atoms with Crippen molar-refractivity contribution >= 4 is 0 Å². The minimum absolute atomic E-state index is 0. The first kappa shape index (κ1) is 39.6. The molecule has 0 saturated carbocycles. The molecule has 0 spiro atoms. The van der Waals surface area contributed by atoms with Crippen LogP contribution in [0.3, 0.4) is 0 Å². The van der Waals surface area contributed by atoms with Gasteiger partial charge in [-0.1, -0.05) is 11.1 Å². The van der Waals surface area contributed by atoms with Crippen LogP contribution in [0.15, 0.2) is 109 Å². The van der Waals surface area contributed by atoms with Gasteiger partial charge in [0.15, 0.2) is 0 Å². The van der Waals surface area contributed by atoms with Gasteiger partial charge in [-0.3, -0.25) is 0 Å². The van der Waals surface area contributed by atoms with E-state index in [9.17, 15) is 26.3 Å². The van der Waals surface area contributed by atoms with Crippen LogP contribution in [0.1, 0.15) is 11.1 Å². The van der Waals surface area contributed by atoms with Gasteiger partial charge in [0.2, 0.25) is 0 Å². The fourth-order valence-corrected chi connectivity index (χ4v) is 1.79. The summed E-state index contributed by atoms with van der Waals surface area (Å²) >= 11 is 0. The summed E-state index contributed by atoms with van der Waals surface area (Å²) in [6.07, 6.45) is -8.45. The molecule has 0 N–H and O–H groups in total. The molecule has 0 aliphatic carbocycles. The number of hydrogen-bond donors (Lipinski definition) is 0. The van der Waals surface area contributed by atoms with Crippen LogP contribution in [0.25, 0.3) is 0 Å². The summed E-state index contributed by atoms with van der Waals surface area (Å²) in [6.45, 7) is 0. The molecular formula is C24H18Cl2Cr2F6. The van der Waals surface area contributed by atoms with Crippen molar-refractivity contribution in [2.24, 2.45) is 0 Å². The number of halogens is 8. The van der Waals surface area contributed by atoms with E-state index in [4.69, 9.17) is 0 Å². The molecule has 4 aromatic carbocycles. The number of hydrogen-bond acceptors (Lipinski definition) is 0. The summed E-state index contributed by atoms with van der Waals surface area (Å²) in [5, 5.41) is 0. The van der Waals surface area contributed by atoms with Crippen molar-refractivity contribution in [3.63, 3.8) is 0 Å². The first-order chi connectivity index (χ1) is 14.2. The molecule has 0 heterocycles. The predicted molar refractivity (Wildman–Crippen MR) is 105 cm³/mol. The van der Waals surface area contributed by atoms with Crippen molar-refractivity contribution in [2.75, 3.05) is 0 Å². The maximum absolute atomic E-state index is 11.8. The third-order valence-electron chi connectivity index (χ3n) is 3.20. The zero-order valence-corrected chi connectivity index (χ0v) is 21.3. The minimum atomic E-state index is -4.23. The van der Waals surface area contributed by atoms with Gasteiger partial charge in [-0.25, -0.2) is 24.3 Å². The summed E-state index contributed by atoms with van der Waals surface area (Å²) in [5.74, 6) is 0. The van der Waals surface area contributed by atoms with E-state index in [1.54, 1.807) is 0 Å². The second-order valence-corrected chi connectivity index (χ2v) is 5.50. The summed E-state index contributed by atoms with van der Waals surface area (Å²) in [5.41, 5.74) is -1.27. The van der Waals surface area contributed by atoms with Crippen LogP contribution >= 0.6 is 0 Å². The molecule has 0 aliphatic heterocycles. The van der Waals surface area contributed by atoms with E-state index >= 15 is 0 Å². The average molecular weight is 595 g/mol. The van der Waals surface area contributed by atoms with Crippen LogP contribution in [-0.2, 0) is 47.1 Å². The Labute approximate surface area is 229 Å². The van der Waals surface area contributed by atoms with Crippen molar-refractivity contribution in [2.45, 2.75) is 12.4 Å². The molecule has 0 atom stereocenters. The number of rotatable bonds is 0. The molecule has 0 fully saturated rings. The first-order valence-corrected chi connectivity index (χ1v) is 8.61. The third kappa shape index (κ3) is 19.8. The second kappa shape index (κ2) is 21.9. The molecule has 10 heteroatoms. The van der Waals surface area contributed by atoms with E-state index in [0.717, 1.165) is 24.3 Å². The maximum atomic E-state index is 11.8. The topological polar surface area (TPSA) is 0 Å². The molecule has 4 aromatic rings.